The molecule has 1 aromatic heterocycles. The van der Waals surface area contributed by atoms with Gasteiger partial charge in [0.2, 0.25) is 0 Å². The lowest BCUT2D eigenvalue weighted by Crippen LogP contribution is -2.49. The molecule has 0 amide bonds. The molecule has 1 aromatic carbocycles. The van der Waals surface area contributed by atoms with E-state index in [2.05, 4.69) is 36.5 Å². The minimum atomic E-state index is -0.966. The van der Waals surface area contributed by atoms with Crippen LogP contribution in [0.25, 0.3) is 22.5 Å². The average molecular weight is 440 g/mol. The van der Waals surface area contributed by atoms with Crippen LogP contribution in [-0.4, -0.2) is 38.7 Å². The van der Waals surface area contributed by atoms with Gasteiger partial charge in [-0.15, -0.1) is 0 Å². The molecule has 1 N–H and O–H groups in total. The molecule has 0 aliphatic heterocycles. The van der Waals surface area contributed by atoms with Crippen molar-refractivity contribution in [3.05, 3.63) is 72.4 Å². The fourth-order valence-electron chi connectivity index (χ4n) is 3.42. The van der Waals surface area contributed by atoms with E-state index in [-0.39, 0.29) is 0 Å². The number of aliphatic hydroxyl groups is 1. The standard InChI is InChI=1S/C27H31BN3O2/c1-26(2,32)27(3,4)33-28-22-17-15-21(16-18-22)25-30-23(19-11-7-5-8-12-19)29-24(31-25)20-13-9-6-10-14-20/h5,7,9,11,13-18,32H,6,8,10,12H2,1-4H3. The van der Waals surface area contributed by atoms with Crippen molar-refractivity contribution in [3.8, 4) is 11.4 Å². The molecule has 1 heterocycles. The smallest absolute Gasteiger partial charge is 0.330 e. The van der Waals surface area contributed by atoms with Crippen molar-refractivity contribution >= 4 is 24.1 Å². The third-order valence-electron chi connectivity index (χ3n) is 6.32. The molecule has 2 aliphatic carbocycles. The first-order chi connectivity index (χ1) is 15.7. The van der Waals surface area contributed by atoms with Crippen LogP contribution in [0.2, 0.25) is 0 Å². The largest absolute Gasteiger partial charge is 0.427 e. The summed E-state index contributed by atoms with van der Waals surface area (Å²) in [4.78, 5) is 14.4. The Labute approximate surface area is 197 Å². The number of hydrogen-bond acceptors (Lipinski definition) is 5. The van der Waals surface area contributed by atoms with Crippen molar-refractivity contribution in [3.63, 3.8) is 0 Å². The number of rotatable bonds is 7. The number of hydrogen-bond donors (Lipinski definition) is 1. The molecule has 0 bridgehead atoms. The Hall–Kier alpha value is -2.83. The second-order valence-corrected chi connectivity index (χ2v) is 9.53. The minimum Gasteiger partial charge on any atom is -0.427 e. The molecule has 0 unspecified atom stereocenters. The van der Waals surface area contributed by atoms with Gasteiger partial charge in [-0.2, -0.15) is 0 Å². The van der Waals surface area contributed by atoms with Gasteiger partial charge in [0.1, 0.15) is 0 Å². The van der Waals surface area contributed by atoms with Crippen LogP contribution in [0.1, 0.15) is 65.0 Å². The predicted octanol–water partition coefficient (Wildman–Crippen LogP) is 4.82. The van der Waals surface area contributed by atoms with E-state index in [0.717, 1.165) is 53.7 Å². The van der Waals surface area contributed by atoms with E-state index in [4.69, 9.17) is 19.6 Å². The summed E-state index contributed by atoms with van der Waals surface area (Å²) < 4.78 is 5.88. The van der Waals surface area contributed by atoms with E-state index in [0.29, 0.717) is 11.6 Å². The maximum atomic E-state index is 10.3. The molecule has 6 heteroatoms. The van der Waals surface area contributed by atoms with Gasteiger partial charge in [-0.05, 0) is 59.0 Å². The van der Waals surface area contributed by atoms with E-state index >= 15 is 0 Å². The lowest BCUT2D eigenvalue weighted by atomic mass is 9.82. The zero-order valence-electron chi connectivity index (χ0n) is 19.9. The third kappa shape index (κ3) is 5.57. The van der Waals surface area contributed by atoms with E-state index in [1.54, 1.807) is 21.3 Å². The van der Waals surface area contributed by atoms with Crippen molar-refractivity contribution in [2.45, 2.75) is 64.6 Å². The summed E-state index contributed by atoms with van der Waals surface area (Å²) in [5, 5.41) is 10.3. The van der Waals surface area contributed by atoms with Crippen LogP contribution in [0.3, 0.4) is 0 Å². The van der Waals surface area contributed by atoms with Crippen LogP contribution in [0, 0.1) is 0 Å². The third-order valence-corrected chi connectivity index (χ3v) is 6.32. The SMILES string of the molecule is CC(C)(O)C(C)(C)O[B]c1ccc(-c2nc(C3=CCCC=C3)nc(C3=CC=CCC3)n2)cc1. The normalized spacial score (nSPS) is 16.4. The van der Waals surface area contributed by atoms with E-state index in [1.165, 1.54) is 0 Å². The van der Waals surface area contributed by atoms with Crippen molar-refractivity contribution in [2.75, 3.05) is 0 Å². The molecular weight excluding hydrogens is 409 g/mol. The zero-order valence-corrected chi connectivity index (χ0v) is 19.9. The van der Waals surface area contributed by atoms with Crippen LogP contribution in [0.15, 0.2) is 60.7 Å². The molecular formula is C27H31BN3O2. The van der Waals surface area contributed by atoms with Crippen LogP contribution >= 0.6 is 0 Å². The molecule has 4 rings (SSSR count). The number of aromatic nitrogens is 3. The highest BCUT2D eigenvalue weighted by Crippen LogP contribution is 2.27. The first-order valence-electron chi connectivity index (χ1n) is 11.6. The Balaban J connectivity index is 1.62. The van der Waals surface area contributed by atoms with Crippen LogP contribution in [0.5, 0.6) is 0 Å². The monoisotopic (exact) mass is 440 g/mol. The molecule has 0 saturated heterocycles. The summed E-state index contributed by atoms with van der Waals surface area (Å²) in [6.07, 6.45) is 16.8. The van der Waals surface area contributed by atoms with Gasteiger partial charge in [0.15, 0.2) is 17.5 Å². The summed E-state index contributed by atoms with van der Waals surface area (Å²) in [7, 11) is 1.68. The van der Waals surface area contributed by atoms with Crippen LogP contribution in [-0.2, 0) is 4.65 Å². The first kappa shape index (κ1) is 23.3. The van der Waals surface area contributed by atoms with Crippen LogP contribution < -0.4 is 5.46 Å². The summed E-state index contributed by atoms with van der Waals surface area (Å²) in [5.41, 5.74) is 2.33. The molecule has 0 saturated carbocycles. The van der Waals surface area contributed by atoms with Gasteiger partial charge in [0.05, 0.1) is 11.2 Å². The summed E-state index contributed by atoms with van der Waals surface area (Å²) >= 11 is 0. The van der Waals surface area contributed by atoms with Crippen molar-refractivity contribution in [2.24, 2.45) is 0 Å². The molecule has 2 aliphatic rings. The highest BCUT2D eigenvalue weighted by atomic mass is 16.5. The molecule has 1 radical (unpaired) electrons. The van der Waals surface area contributed by atoms with Crippen molar-refractivity contribution < 1.29 is 9.76 Å². The van der Waals surface area contributed by atoms with Gasteiger partial charge in [0, 0.05) is 11.1 Å². The molecule has 0 fully saturated rings. The minimum absolute atomic E-state index is 0.662. The Morgan fingerprint density at radius 2 is 1.61 bits per heavy atom. The van der Waals surface area contributed by atoms with E-state index in [1.807, 2.05) is 38.1 Å². The number of nitrogens with zero attached hydrogens (tertiary/aromatic N) is 3. The molecule has 0 atom stereocenters. The van der Waals surface area contributed by atoms with Crippen molar-refractivity contribution in [1.82, 2.24) is 15.0 Å². The quantitative estimate of drug-likeness (QED) is 0.626. The molecule has 169 valence electrons. The Kier molecular flexibility index (Phi) is 6.77. The van der Waals surface area contributed by atoms with Crippen molar-refractivity contribution in [1.29, 1.82) is 0 Å². The second kappa shape index (κ2) is 9.58. The fourth-order valence-corrected chi connectivity index (χ4v) is 3.42. The van der Waals surface area contributed by atoms with Gasteiger partial charge in [0.25, 0.3) is 0 Å². The van der Waals surface area contributed by atoms with E-state index in [9.17, 15) is 5.11 Å². The molecule has 2 aromatic rings. The van der Waals surface area contributed by atoms with Gasteiger partial charge in [-0.1, -0.05) is 66.2 Å². The maximum Gasteiger partial charge on any atom is 0.330 e. The molecule has 5 nitrogen and oxygen atoms in total. The highest BCUT2D eigenvalue weighted by Gasteiger charge is 2.35. The number of allylic oxidation sites excluding steroid dienone is 8. The number of benzene rings is 1. The zero-order chi connectivity index (χ0) is 23.5. The molecule has 0 spiro atoms. The molecule has 33 heavy (non-hydrogen) atoms. The highest BCUT2D eigenvalue weighted by molar-refractivity contribution is 6.47. The summed E-state index contributed by atoms with van der Waals surface area (Å²) in [6, 6.07) is 7.94. The van der Waals surface area contributed by atoms with E-state index < -0.39 is 11.2 Å². The average Bonchev–Trinajstić information content (AvgIpc) is 2.83. The topological polar surface area (TPSA) is 68.1 Å². The lowest BCUT2D eigenvalue weighted by Gasteiger charge is -2.37. The second-order valence-electron chi connectivity index (χ2n) is 9.53. The maximum absolute atomic E-state index is 10.3. The summed E-state index contributed by atoms with van der Waals surface area (Å²) in [5.74, 6) is 2.12. The lowest BCUT2D eigenvalue weighted by molar-refractivity contribution is -0.0893. The summed E-state index contributed by atoms with van der Waals surface area (Å²) in [6.45, 7) is 7.23. The van der Waals surface area contributed by atoms with Gasteiger partial charge >= 0.3 is 7.48 Å². The van der Waals surface area contributed by atoms with Gasteiger partial charge in [-0.3, -0.25) is 0 Å². The predicted molar refractivity (Wildman–Crippen MR) is 135 cm³/mol. The van der Waals surface area contributed by atoms with Gasteiger partial charge < -0.3 is 9.76 Å². The van der Waals surface area contributed by atoms with Crippen LogP contribution in [0.4, 0.5) is 0 Å². The Morgan fingerprint density at radius 1 is 0.879 bits per heavy atom. The fraction of sp³-hybridized carbons (Fsp3) is 0.370. The Bertz CT molecular complexity index is 1120. The Morgan fingerprint density at radius 3 is 2.24 bits per heavy atom. The first-order valence-corrected chi connectivity index (χ1v) is 11.6. The van der Waals surface area contributed by atoms with Gasteiger partial charge in [-0.25, -0.2) is 15.0 Å².